The third-order valence-electron chi connectivity index (χ3n) is 0.385. The van der Waals surface area contributed by atoms with E-state index < -0.39 is 10.3 Å². The van der Waals surface area contributed by atoms with E-state index in [-0.39, 0.29) is 5.94 Å². The van der Waals surface area contributed by atoms with Crippen LogP contribution in [0.15, 0.2) is 0 Å². The van der Waals surface area contributed by atoms with Crippen LogP contribution < -0.4 is 5.26 Å². The minimum absolute atomic E-state index is 0.0312. The van der Waals surface area contributed by atoms with Gasteiger partial charge in [0.1, 0.15) is 5.94 Å². The van der Waals surface area contributed by atoms with Crippen molar-refractivity contribution in [1.29, 1.82) is 0 Å². The Balaban J connectivity index is 3.11. The molecule has 4 nitrogen and oxygen atoms in total. The summed E-state index contributed by atoms with van der Waals surface area (Å²) in [5.41, 5.74) is 0. The van der Waals surface area contributed by atoms with Gasteiger partial charge in [-0.1, -0.05) is 0 Å². The van der Waals surface area contributed by atoms with E-state index in [9.17, 15) is 0 Å². The second-order valence-corrected chi connectivity index (χ2v) is 4.98. The Morgan fingerprint density at radius 2 is 2.12 bits per heavy atom. The molecular weight excluding hydrogens is 132 g/mol. The molecule has 0 bridgehead atoms. The molecule has 0 aliphatic carbocycles. The molecule has 0 spiro atoms. The summed E-state index contributed by atoms with van der Waals surface area (Å²) in [4.78, 5) is 3.93. The van der Waals surface area contributed by atoms with Crippen LogP contribution in [-0.2, 0) is 9.93 Å². The normalized spacial score (nSPS) is 14.0. The maximum Gasteiger partial charge on any atom is 0.131 e. The van der Waals surface area contributed by atoms with E-state index in [1.54, 1.807) is 12.5 Å². The predicted octanol–water partition coefficient (Wildman–Crippen LogP) is -0.295. The molecule has 0 unspecified atom stereocenters. The molecular formula is C3H9O4S-. The zero-order valence-corrected chi connectivity index (χ0v) is 5.60. The summed E-state index contributed by atoms with van der Waals surface area (Å²) in [6, 6.07) is 0. The van der Waals surface area contributed by atoms with Crippen molar-refractivity contribution in [3.05, 3.63) is 0 Å². The zero-order chi connectivity index (χ0) is 6.62. The maximum atomic E-state index is 9.16. The summed E-state index contributed by atoms with van der Waals surface area (Å²) in [5.74, 6) is -0.0312. The summed E-state index contributed by atoms with van der Waals surface area (Å²) in [5, 5.41) is 12.2. The van der Waals surface area contributed by atoms with E-state index >= 15 is 0 Å². The van der Waals surface area contributed by atoms with Crippen molar-refractivity contribution < 1.29 is 19.7 Å². The minimum atomic E-state index is -1.73. The molecule has 0 saturated heterocycles. The summed E-state index contributed by atoms with van der Waals surface area (Å²) < 4.78 is 8.89. The zero-order valence-electron chi connectivity index (χ0n) is 4.79. The van der Waals surface area contributed by atoms with Gasteiger partial charge in [0, 0.05) is 0 Å². The van der Waals surface area contributed by atoms with Crippen LogP contribution in [0.25, 0.3) is 0 Å². The Morgan fingerprint density at radius 3 is 2.25 bits per heavy atom. The van der Waals surface area contributed by atoms with Crippen LogP contribution in [0.2, 0.25) is 0 Å². The maximum absolute atomic E-state index is 9.16. The van der Waals surface area contributed by atoms with E-state index in [1.807, 2.05) is 0 Å². The Bertz CT molecular complexity index is 58.8. The summed E-state index contributed by atoms with van der Waals surface area (Å²) in [6.07, 6.45) is 3.18. The van der Waals surface area contributed by atoms with Crippen molar-refractivity contribution in [1.82, 2.24) is 0 Å². The van der Waals surface area contributed by atoms with Gasteiger partial charge >= 0.3 is 0 Å². The van der Waals surface area contributed by atoms with Gasteiger partial charge in [0.2, 0.25) is 0 Å². The fourth-order valence-electron chi connectivity index (χ4n) is 0.137. The van der Waals surface area contributed by atoms with Gasteiger partial charge in [0.25, 0.3) is 0 Å². The molecule has 0 radical (unpaired) electrons. The van der Waals surface area contributed by atoms with Crippen LogP contribution in [0.4, 0.5) is 0 Å². The fraction of sp³-hybridized carbons (Fsp3) is 1.00. The lowest BCUT2D eigenvalue weighted by Gasteiger charge is -2.22. The van der Waals surface area contributed by atoms with Gasteiger partial charge in [-0.2, -0.15) is 0 Å². The molecule has 0 saturated carbocycles. The van der Waals surface area contributed by atoms with Gasteiger partial charge < -0.3 is 9.81 Å². The number of hydrogen-bond acceptors (Lipinski definition) is 4. The number of hydrogen-bond donors (Lipinski definition) is 1. The molecule has 0 fully saturated rings. The molecule has 1 N–H and O–H groups in total. The number of rotatable bonds is 3. The molecule has 8 heavy (non-hydrogen) atoms. The van der Waals surface area contributed by atoms with Gasteiger partial charge in [-0.3, -0.25) is 5.04 Å². The summed E-state index contributed by atoms with van der Waals surface area (Å²) >= 11 is 0. The van der Waals surface area contributed by atoms with Crippen LogP contribution in [-0.4, -0.2) is 23.0 Å². The molecule has 0 amide bonds. The topological polar surface area (TPSA) is 61.8 Å². The van der Waals surface area contributed by atoms with Gasteiger partial charge in [-0.05, 0) is 12.5 Å². The lowest BCUT2D eigenvalue weighted by atomic mass is 11.7. The van der Waals surface area contributed by atoms with Crippen LogP contribution in [0.5, 0.6) is 0 Å². The molecule has 52 valence electrons. The molecule has 0 aromatic rings. The molecule has 0 aliphatic heterocycles. The van der Waals surface area contributed by atoms with Gasteiger partial charge in [-0.25, -0.2) is 4.89 Å². The molecule has 0 aromatic heterocycles. The Hall–Kier alpha value is 0.190. The van der Waals surface area contributed by atoms with Crippen LogP contribution in [0.3, 0.4) is 0 Å². The molecule has 0 aliphatic rings. The largest absolute Gasteiger partial charge is 0.692 e. The minimum Gasteiger partial charge on any atom is -0.692 e. The van der Waals surface area contributed by atoms with Crippen molar-refractivity contribution in [3.8, 4) is 0 Å². The standard InChI is InChI=1S/C3H10O4S/c1-8(2,5)3-6-7-4/h4-5H,3H2,1-2H3/p-1. The SMILES string of the molecule is CS(C)(O)COO[O-]. The van der Waals surface area contributed by atoms with E-state index in [0.717, 1.165) is 0 Å². The average molecular weight is 141 g/mol. The highest BCUT2D eigenvalue weighted by molar-refractivity contribution is 8.27. The monoisotopic (exact) mass is 141 g/mol. The second kappa shape index (κ2) is 3.26. The van der Waals surface area contributed by atoms with Crippen molar-refractivity contribution in [2.75, 3.05) is 18.5 Å². The van der Waals surface area contributed by atoms with Crippen LogP contribution >= 0.6 is 10.3 Å². The third-order valence-corrected chi connectivity index (χ3v) is 1.06. The van der Waals surface area contributed by atoms with Crippen molar-refractivity contribution in [3.63, 3.8) is 0 Å². The quantitative estimate of drug-likeness (QED) is 0.433. The van der Waals surface area contributed by atoms with E-state index in [2.05, 4.69) is 9.93 Å². The van der Waals surface area contributed by atoms with Crippen molar-refractivity contribution in [2.45, 2.75) is 0 Å². The first-order valence-electron chi connectivity index (χ1n) is 1.91. The highest BCUT2D eigenvalue weighted by atomic mass is 32.3. The first-order valence-corrected chi connectivity index (χ1v) is 4.49. The molecule has 0 aromatic carbocycles. The average Bonchev–Trinajstić information content (AvgIpc) is 1.59. The Kier molecular flexibility index (Phi) is 3.34. The fourth-order valence-corrected chi connectivity index (χ4v) is 0.412. The van der Waals surface area contributed by atoms with E-state index in [4.69, 9.17) is 9.81 Å². The predicted molar refractivity (Wildman–Crippen MR) is 29.1 cm³/mol. The van der Waals surface area contributed by atoms with Gasteiger partial charge in [0.15, 0.2) is 0 Å². The molecule has 0 rings (SSSR count). The Morgan fingerprint density at radius 1 is 1.62 bits per heavy atom. The Labute approximate surface area is 49.4 Å². The molecule has 0 heterocycles. The highest BCUT2D eigenvalue weighted by Crippen LogP contribution is 2.32. The van der Waals surface area contributed by atoms with Crippen molar-refractivity contribution >= 4 is 10.3 Å². The third kappa shape index (κ3) is 6.19. The van der Waals surface area contributed by atoms with E-state index in [1.165, 1.54) is 0 Å². The summed E-state index contributed by atoms with van der Waals surface area (Å²) in [7, 11) is -1.73. The van der Waals surface area contributed by atoms with Crippen LogP contribution in [0.1, 0.15) is 0 Å². The van der Waals surface area contributed by atoms with Crippen LogP contribution in [0, 0.1) is 0 Å². The molecule has 0 atom stereocenters. The van der Waals surface area contributed by atoms with Gasteiger partial charge in [0.05, 0.1) is 0 Å². The molecule has 5 heteroatoms. The lowest BCUT2D eigenvalue weighted by molar-refractivity contribution is -0.797. The highest BCUT2D eigenvalue weighted by Gasteiger charge is 2.04. The lowest BCUT2D eigenvalue weighted by Crippen LogP contribution is -2.10. The second-order valence-electron chi connectivity index (χ2n) is 1.78. The van der Waals surface area contributed by atoms with Crippen molar-refractivity contribution in [2.24, 2.45) is 0 Å². The van der Waals surface area contributed by atoms with Gasteiger partial charge in [-0.15, -0.1) is 10.3 Å². The van der Waals surface area contributed by atoms with E-state index in [0.29, 0.717) is 0 Å². The summed E-state index contributed by atoms with van der Waals surface area (Å²) in [6.45, 7) is 0. The first-order chi connectivity index (χ1) is 3.56. The first kappa shape index (κ1) is 8.19. The smallest absolute Gasteiger partial charge is 0.131 e.